The molecule has 1 fully saturated rings. The Hall–Kier alpha value is -3.19. The van der Waals surface area contributed by atoms with E-state index in [1.807, 2.05) is 18.2 Å². The molecule has 6 nitrogen and oxygen atoms in total. The topological polar surface area (TPSA) is 66.7 Å². The van der Waals surface area contributed by atoms with Crippen molar-refractivity contribution in [1.82, 2.24) is 9.88 Å². The second-order valence-electron chi connectivity index (χ2n) is 6.71. The minimum atomic E-state index is -0.244. The molecule has 1 amide bonds. The molecule has 0 spiro atoms. The maximum Gasteiger partial charge on any atom is 0.289 e. The van der Waals surface area contributed by atoms with Gasteiger partial charge in [0.2, 0.25) is 0 Å². The Balaban J connectivity index is 1.34. The van der Waals surface area contributed by atoms with Crippen LogP contribution in [0.25, 0.3) is 21.2 Å². The van der Waals surface area contributed by atoms with Crippen LogP contribution in [-0.4, -0.2) is 42.0 Å². The van der Waals surface area contributed by atoms with Gasteiger partial charge < -0.3 is 14.2 Å². The highest BCUT2D eigenvalue weighted by Crippen LogP contribution is 2.29. The Bertz CT molecular complexity index is 1210. The van der Waals surface area contributed by atoms with Crippen molar-refractivity contribution < 1.29 is 9.21 Å². The van der Waals surface area contributed by atoms with E-state index in [4.69, 9.17) is 9.40 Å². The van der Waals surface area contributed by atoms with Gasteiger partial charge in [-0.25, -0.2) is 4.98 Å². The summed E-state index contributed by atoms with van der Waals surface area (Å²) in [7, 11) is 0. The second-order valence-corrected chi connectivity index (χ2v) is 7.72. The average molecular weight is 391 g/mol. The summed E-state index contributed by atoms with van der Waals surface area (Å²) in [6.07, 6.45) is 0. The van der Waals surface area contributed by atoms with Gasteiger partial charge in [-0.1, -0.05) is 35.6 Å². The summed E-state index contributed by atoms with van der Waals surface area (Å²) in [5, 5.41) is 1.46. The predicted octanol–water partition coefficient (Wildman–Crippen LogP) is 3.37. The molecule has 0 bridgehead atoms. The molecule has 7 heteroatoms. The fourth-order valence-corrected chi connectivity index (χ4v) is 4.48. The van der Waals surface area contributed by atoms with E-state index in [2.05, 4.69) is 11.0 Å². The molecule has 0 atom stereocenters. The Morgan fingerprint density at radius 1 is 1.00 bits per heavy atom. The largest absolute Gasteiger partial charge is 0.451 e. The van der Waals surface area contributed by atoms with Gasteiger partial charge in [0.05, 0.1) is 15.6 Å². The second kappa shape index (κ2) is 6.76. The van der Waals surface area contributed by atoms with Crippen molar-refractivity contribution in [3.8, 4) is 0 Å². The zero-order valence-electron chi connectivity index (χ0n) is 15.0. The summed E-state index contributed by atoms with van der Waals surface area (Å²) in [6, 6.07) is 16.3. The van der Waals surface area contributed by atoms with Crippen molar-refractivity contribution in [2.24, 2.45) is 0 Å². The molecule has 28 heavy (non-hydrogen) atoms. The third-order valence-electron chi connectivity index (χ3n) is 4.97. The molecule has 140 valence electrons. The van der Waals surface area contributed by atoms with E-state index < -0.39 is 0 Å². The molecule has 1 saturated heterocycles. The molecule has 2 aromatic heterocycles. The number of benzene rings is 2. The van der Waals surface area contributed by atoms with E-state index in [9.17, 15) is 9.59 Å². The van der Waals surface area contributed by atoms with Crippen LogP contribution in [0.4, 0.5) is 5.13 Å². The lowest BCUT2D eigenvalue weighted by Crippen LogP contribution is -2.48. The van der Waals surface area contributed by atoms with Crippen LogP contribution in [0.5, 0.6) is 0 Å². The van der Waals surface area contributed by atoms with Crippen LogP contribution < -0.4 is 10.3 Å². The van der Waals surface area contributed by atoms with Gasteiger partial charge in [-0.2, -0.15) is 0 Å². The van der Waals surface area contributed by atoms with Crippen molar-refractivity contribution in [3.63, 3.8) is 0 Å². The normalized spacial score (nSPS) is 14.7. The first kappa shape index (κ1) is 16.9. The first-order valence-corrected chi connectivity index (χ1v) is 9.93. The minimum absolute atomic E-state index is 0.0946. The average Bonchev–Trinajstić information content (AvgIpc) is 3.18. The number of nitrogens with zero attached hydrogens (tertiary/aromatic N) is 3. The van der Waals surface area contributed by atoms with Crippen molar-refractivity contribution in [3.05, 3.63) is 70.6 Å². The van der Waals surface area contributed by atoms with Crippen LogP contribution in [0.1, 0.15) is 10.6 Å². The Morgan fingerprint density at radius 2 is 1.75 bits per heavy atom. The smallest absolute Gasteiger partial charge is 0.289 e. The maximum absolute atomic E-state index is 12.8. The summed E-state index contributed by atoms with van der Waals surface area (Å²) < 4.78 is 6.85. The quantitative estimate of drug-likeness (QED) is 0.524. The highest BCUT2D eigenvalue weighted by atomic mass is 32.1. The van der Waals surface area contributed by atoms with Gasteiger partial charge in [-0.3, -0.25) is 9.59 Å². The number of thiazole rings is 1. The van der Waals surface area contributed by atoms with Crippen molar-refractivity contribution in [2.45, 2.75) is 0 Å². The van der Waals surface area contributed by atoms with E-state index in [1.54, 1.807) is 40.5 Å². The molecule has 1 aliphatic heterocycles. The standard InChI is InChI=1S/C21H17N3O3S/c25-16-13-18(27-17-7-3-1-5-14(16)17)20(26)23-9-11-24(12-10-23)21-22-15-6-2-4-8-19(15)28-21/h1-8,13H,9-12H2. The summed E-state index contributed by atoms with van der Waals surface area (Å²) in [5.74, 6) is -0.149. The van der Waals surface area contributed by atoms with Crippen molar-refractivity contribution in [2.75, 3.05) is 31.1 Å². The van der Waals surface area contributed by atoms with Crippen molar-refractivity contribution in [1.29, 1.82) is 0 Å². The van der Waals surface area contributed by atoms with Crippen LogP contribution in [0.2, 0.25) is 0 Å². The summed E-state index contributed by atoms with van der Waals surface area (Å²) in [6.45, 7) is 2.52. The van der Waals surface area contributed by atoms with Gasteiger partial charge in [0.1, 0.15) is 5.58 Å². The molecule has 0 saturated carbocycles. The molecular weight excluding hydrogens is 374 g/mol. The van der Waals surface area contributed by atoms with Crippen molar-refractivity contribution >= 4 is 43.6 Å². The van der Waals surface area contributed by atoms with E-state index >= 15 is 0 Å². The number of aromatic nitrogens is 1. The number of amides is 1. The van der Waals surface area contributed by atoms with Crippen LogP contribution >= 0.6 is 11.3 Å². The molecule has 1 aliphatic rings. The molecule has 4 aromatic rings. The maximum atomic E-state index is 12.8. The number of hydrogen-bond acceptors (Lipinski definition) is 6. The van der Waals surface area contributed by atoms with E-state index in [-0.39, 0.29) is 17.1 Å². The highest BCUT2D eigenvalue weighted by Gasteiger charge is 2.25. The Kier molecular flexibility index (Phi) is 4.09. The lowest BCUT2D eigenvalue weighted by molar-refractivity contribution is 0.0715. The third kappa shape index (κ3) is 2.93. The van der Waals surface area contributed by atoms with Crippen LogP contribution in [0, 0.1) is 0 Å². The Morgan fingerprint density at radius 3 is 2.57 bits per heavy atom. The molecule has 0 unspecified atom stereocenters. The first-order chi connectivity index (χ1) is 13.7. The number of rotatable bonds is 2. The summed E-state index contributed by atoms with van der Waals surface area (Å²) in [4.78, 5) is 33.7. The number of hydrogen-bond donors (Lipinski definition) is 0. The number of anilines is 1. The number of carbonyl (C=O) groups excluding carboxylic acids is 1. The molecule has 3 heterocycles. The number of para-hydroxylation sites is 2. The van der Waals surface area contributed by atoms with Crippen LogP contribution in [0.15, 0.2) is 63.8 Å². The van der Waals surface area contributed by atoms with Crippen LogP contribution in [-0.2, 0) is 0 Å². The monoisotopic (exact) mass is 391 g/mol. The zero-order chi connectivity index (χ0) is 19.1. The predicted molar refractivity (Wildman–Crippen MR) is 110 cm³/mol. The van der Waals surface area contributed by atoms with Crippen LogP contribution in [0.3, 0.4) is 0 Å². The summed E-state index contributed by atoms with van der Waals surface area (Å²) >= 11 is 1.66. The van der Waals surface area contributed by atoms with Gasteiger partial charge in [0, 0.05) is 32.2 Å². The van der Waals surface area contributed by atoms with E-state index in [1.165, 1.54) is 6.07 Å². The zero-order valence-corrected chi connectivity index (χ0v) is 15.8. The SMILES string of the molecule is O=C(c1cc(=O)c2ccccc2o1)N1CCN(c2nc3ccccc3s2)CC1. The number of carbonyl (C=O) groups is 1. The van der Waals surface area contributed by atoms with Gasteiger partial charge in [0.25, 0.3) is 5.91 Å². The van der Waals surface area contributed by atoms with Gasteiger partial charge >= 0.3 is 0 Å². The highest BCUT2D eigenvalue weighted by molar-refractivity contribution is 7.22. The lowest BCUT2D eigenvalue weighted by Gasteiger charge is -2.34. The van der Waals surface area contributed by atoms with E-state index in [0.717, 1.165) is 15.3 Å². The summed E-state index contributed by atoms with van der Waals surface area (Å²) in [5.41, 5.74) is 1.24. The molecular formula is C21H17N3O3S. The van der Waals surface area contributed by atoms with Gasteiger partial charge in [-0.05, 0) is 24.3 Å². The Labute approximate surface area is 164 Å². The number of piperazine rings is 1. The molecule has 0 aliphatic carbocycles. The fraction of sp³-hybridized carbons (Fsp3) is 0.190. The lowest BCUT2D eigenvalue weighted by atomic mass is 10.2. The molecule has 5 rings (SSSR count). The first-order valence-electron chi connectivity index (χ1n) is 9.12. The van der Waals surface area contributed by atoms with Gasteiger partial charge in [0.15, 0.2) is 16.3 Å². The fourth-order valence-electron chi connectivity index (χ4n) is 3.46. The molecule has 2 aromatic carbocycles. The third-order valence-corrected chi connectivity index (χ3v) is 6.06. The number of fused-ring (bicyclic) bond motifs is 2. The molecule has 0 radical (unpaired) electrons. The van der Waals surface area contributed by atoms with Gasteiger partial charge in [-0.15, -0.1) is 0 Å². The molecule has 0 N–H and O–H groups in total. The minimum Gasteiger partial charge on any atom is -0.451 e. The van der Waals surface area contributed by atoms with E-state index in [0.29, 0.717) is 37.1 Å².